The molecule has 0 bridgehead atoms. The fraction of sp³-hybridized carbons (Fsp3) is 0.643. The minimum absolute atomic E-state index is 0.533. The van der Waals surface area contributed by atoms with Crippen LogP contribution in [0.2, 0.25) is 0 Å². The number of nitrogens with one attached hydrogen (secondary N) is 1. The Bertz CT molecular complexity index is 593. The lowest BCUT2D eigenvalue weighted by Crippen LogP contribution is -2.48. The molecule has 7 heteroatoms. The third-order valence-electron chi connectivity index (χ3n) is 3.97. The molecule has 116 valence electrons. The minimum Gasteiger partial charge on any atom is -0.354 e. The van der Waals surface area contributed by atoms with E-state index in [4.69, 9.17) is 0 Å². The molecule has 6 nitrogen and oxygen atoms in total. The molecular formula is C14H22N4O2S. The van der Waals surface area contributed by atoms with Gasteiger partial charge >= 0.3 is 0 Å². The Morgan fingerprint density at radius 2 is 1.95 bits per heavy atom. The van der Waals surface area contributed by atoms with Crippen molar-refractivity contribution in [1.82, 2.24) is 14.6 Å². The van der Waals surface area contributed by atoms with E-state index in [-0.39, 0.29) is 0 Å². The number of nitrogens with zero attached hydrogens (tertiary/aromatic N) is 3. The average molecular weight is 310 g/mol. The van der Waals surface area contributed by atoms with E-state index in [1.54, 1.807) is 0 Å². The first kappa shape index (κ1) is 14.7. The van der Waals surface area contributed by atoms with Crippen molar-refractivity contribution < 1.29 is 8.42 Å². The molecule has 1 aliphatic heterocycles. The van der Waals surface area contributed by atoms with Gasteiger partial charge in [0, 0.05) is 38.8 Å². The van der Waals surface area contributed by atoms with Gasteiger partial charge in [-0.05, 0) is 25.0 Å². The van der Waals surface area contributed by atoms with E-state index in [1.807, 2.05) is 18.2 Å². The van der Waals surface area contributed by atoms with Gasteiger partial charge in [0.15, 0.2) is 0 Å². The Morgan fingerprint density at radius 3 is 2.57 bits per heavy atom. The molecule has 1 aliphatic carbocycles. The number of rotatable bonds is 5. The topological polar surface area (TPSA) is 65.5 Å². The first-order valence-electron chi connectivity index (χ1n) is 7.42. The molecule has 1 saturated carbocycles. The molecule has 0 spiro atoms. The first-order valence-corrected chi connectivity index (χ1v) is 9.26. The highest BCUT2D eigenvalue weighted by Crippen LogP contribution is 2.20. The van der Waals surface area contributed by atoms with Crippen molar-refractivity contribution in [2.24, 2.45) is 0 Å². The van der Waals surface area contributed by atoms with Crippen LogP contribution in [0.5, 0.6) is 0 Å². The highest BCUT2D eigenvalue weighted by atomic mass is 32.2. The Balaban J connectivity index is 1.60. The highest BCUT2D eigenvalue weighted by molar-refractivity contribution is 7.88. The quantitative estimate of drug-likeness (QED) is 0.853. The van der Waals surface area contributed by atoms with Gasteiger partial charge in [-0.3, -0.25) is 0 Å². The van der Waals surface area contributed by atoms with Gasteiger partial charge in [0.2, 0.25) is 10.0 Å². The molecule has 1 saturated heterocycles. The van der Waals surface area contributed by atoms with Gasteiger partial charge in [-0.2, -0.15) is 4.31 Å². The molecule has 3 rings (SSSR count). The van der Waals surface area contributed by atoms with Crippen LogP contribution in [0.25, 0.3) is 0 Å². The first-order chi connectivity index (χ1) is 10.0. The lowest BCUT2D eigenvalue weighted by molar-refractivity contribution is 0.387. The number of anilines is 1. The smallest absolute Gasteiger partial charge is 0.211 e. The summed E-state index contributed by atoms with van der Waals surface area (Å²) in [4.78, 5) is 6.83. The molecule has 0 amide bonds. The van der Waals surface area contributed by atoms with Crippen molar-refractivity contribution in [3.8, 4) is 0 Å². The summed E-state index contributed by atoms with van der Waals surface area (Å²) in [6.07, 6.45) is 3.81. The van der Waals surface area contributed by atoms with E-state index in [2.05, 4.69) is 15.2 Å². The van der Waals surface area contributed by atoms with Crippen molar-refractivity contribution in [3.63, 3.8) is 0 Å². The Labute approximate surface area is 126 Å². The van der Waals surface area contributed by atoms with Crippen LogP contribution in [0.4, 0.5) is 5.82 Å². The number of hydrogen-bond acceptors (Lipinski definition) is 5. The second kappa shape index (κ2) is 5.90. The standard InChI is InChI=1S/C14H22N4O2S/c1-21(19,20)18-9-7-17(8-10-18)14-4-2-3-13(16-14)11-15-12-5-6-12/h2-4,12,15H,5-11H2,1H3. The summed E-state index contributed by atoms with van der Waals surface area (Å²) in [5.41, 5.74) is 1.05. The minimum atomic E-state index is -3.07. The van der Waals surface area contributed by atoms with Crippen LogP contribution in [0.3, 0.4) is 0 Å². The summed E-state index contributed by atoms with van der Waals surface area (Å²) in [5, 5.41) is 3.46. The summed E-state index contributed by atoms with van der Waals surface area (Å²) in [6.45, 7) is 3.26. The number of aromatic nitrogens is 1. The fourth-order valence-corrected chi connectivity index (χ4v) is 3.35. The van der Waals surface area contributed by atoms with E-state index in [9.17, 15) is 8.42 Å². The Hall–Kier alpha value is -1.18. The van der Waals surface area contributed by atoms with Crippen LogP contribution < -0.4 is 10.2 Å². The summed E-state index contributed by atoms with van der Waals surface area (Å²) in [6, 6.07) is 6.73. The van der Waals surface area contributed by atoms with E-state index in [1.165, 1.54) is 23.4 Å². The molecule has 0 unspecified atom stereocenters. The second-order valence-electron chi connectivity index (χ2n) is 5.79. The van der Waals surface area contributed by atoms with Crippen molar-refractivity contribution in [1.29, 1.82) is 0 Å². The Kier molecular flexibility index (Phi) is 4.14. The van der Waals surface area contributed by atoms with Crippen molar-refractivity contribution in [2.45, 2.75) is 25.4 Å². The maximum absolute atomic E-state index is 11.5. The molecule has 2 fully saturated rings. The van der Waals surface area contributed by atoms with Crippen LogP contribution in [-0.4, -0.2) is 56.2 Å². The van der Waals surface area contributed by atoms with Gasteiger partial charge < -0.3 is 10.2 Å². The maximum Gasteiger partial charge on any atom is 0.211 e. The number of pyridine rings is 1. The van der Waals surface area contributed by atoms with E-state index in [0.717, 1.165) is 18.1 Å². The predicted octanol–water partition coefficient (Wildman–Crippen LogP) is 0.415. The highest BCUT2D eigenvalue weighted by Gasteiger charge is 2.24. The van der Waals surface area contributed by atoms with Crippen molar-refractivity contribution >= 4 is 15.8 Å². The molecule has 0 aromatic carbocycles. The second-order valence-corrected chi connectivity index (χ2v) is 7.77. The zero-order valence-electron chi connectivity index (χ0n) is 12.3. The normalized spacial score (nSPS) is 20.7. The molecule has 2 aliphatic rings. The molecule has 1 N–H and O–H groups in total. The predicted molar refractivity (Wildman–Crippen MR) is 82.7 cm³/mol. The molecule has 1 aromatic rings. The van der Waals surface area contributed by atoms with Crippen LogP contribution in [-0.2, 0) is 16.6 Å². The molecule has 2 heterocycles. The molecular weight excluding hydrogens is 288 g/mol. The van der Waals surface area contributed by atoms with Crippen molar-refractivity contribution in [3.05, 3.63) is 23.9 Å². The SMILES string of the molecule is CS(=O)(=O)N1CCN(c2cccc(CNC3CC3)n2)CC1. The molecule has 21 heavy (non-hydrogen) atoms. The van der Waals surface area contributed by atoms with E-state index in [0.29, 0.717) is 32.2 Å². The lowest BCUT2D eigenvalue weighted by atomic mass is 10.3. The Morgan fingerprint density at radius 1 is 1.24 bits per heavy atom. The van der Waals surface area contributed by atoms with Crippen molar-refractivity contribution in [2.75, 3.05) is 37.3 Å². The molecule has 1 aromatic heterocycles. The molecule has 0 radical (unpaired) electrons. The summed E-state index contributed by atoms with van der Waals surface area (Å²) in [7, 11) is -3.07. The monoisotopic (exact) mass is 310 g/mol. The van der Waals surface area contributed by atoms with E-state index < -0.39 is 10.0 Å². The van der Waals surface area contributed by atoms with Crippen LogP contribution in [0.1, 0.15) is 18.5 Å². The summed E-state index contributed by atoms with van der Waals surface area (Å²) in [5.74, 6) is 0.943. The van der Waals surface area contributed by atoms with Gasteiger partial charge in [0.1, 0.15) is 5.82 Å². The van der Waals surface area contributed by atoms with Gasteiger partial charge in [-0.15, -0.1) is 0 Å². The zero-order chi connectivity index (χ0) is 14.9. The summed E-state index contributed by atoms with van der Waals surface area (Å²) >= 11 is 0. The third kappa shape index (κ3) is 3.93. The number of piperazine rings is 1. The average Bonchev–Trinajstić information content (AvgIpc) is 3.29. The number of sulfonamides is 1. The number of hydrogen-bond donors (Lipinski definition) is 1. The zero-order valence-corrected chi connectivity index (χ0v) is 13.1. The largest absolute Gasteiger partial charge is 0.354 e. The van der Waals surface area contributed by atoms with Gasteiger partial charge in [-0.1, -0.05) is 6.07 Å². The third-order valence-corrected chi connectivity index (χ3v) is 5.28. The van der Waals surface area contributed by atoms with Gasteiger partial charge in [-0.25, -0.2) is 13.4 Å². The van der Waals surface area contributed by atoms with Crippen LogP contribution >= 0.6 is 0 Å². The fourth-order valence-electron chi connectivity index (χ4n) is 2.53. The van der Waals surface area contributed by atoms with E-state index >= 15 is 0 Å². The van der Waals surface area contributed by atoms with Crippen LogP contribution in [0.15, 0.2) is 18.2 Å². The summed E-state index contributed by atoms with van der Waals surface area (Å²) < 4.78 is 24.6. The van der Waals surface area contributed by atoms with Crippen LogP contribution in [0, 0.1) is 0 Å². The maximum atomic E-state index is 11.5. The van der Waals surface area contributed by atoms with Gasteiger partial charge in [0.05, 0.1) is 11.9 Å². The lowest BCUT2D eigenvalue weighted by Gasteiger charge is -2.34. The molecule has 0 atom stereocenters. The van der Waals surface area contributed by atoms with Gasteiger partial charge in [0.25, 0.3) is 0 Å².